The standard InChI is InChI=1S/C27H26N6O.H2/c1-32-12-8-18(9-13-32)27(34)31-26-7-5-22-21(4-6-24(22)30-26)19-10-14-33-25(15-19)23(17-29-33)20-3-2-11-28-16-20;/h2-5,7,10-11,14-18H,6,8-9,12-13H2,1H3,(H,30,31,34);1H. The van der Waals surface area contributed by atoms with Gasteiger partial charge in [0.25, 0.3) is 0 Å². The first-order valence-electron chi connectivity index (χ1n) is 11.7. The van der Waals surface area contributed by atoms with Crippen LogP contribution in [-0.2, 0) is 11.2 Å². The Morgan fingerprint density at radius 2 is 1.97 bits per heavy atom. The summed E-state index contributed by atoms with van der Waals surface area (Å²) in [6, 6.07) is 12.2. The molecule has 0 spiro atoms. The summed E-state index contributed by atoms with van der Waals surface area (Å²) in [6.07, 6.45) is 12.3. The molecular weight excluding hydrogens is 424 g/mol. The third-order valence-electron chi connectivity index (χ3n) is 6.91. The first kappa shape index (κ1) is 20.7. The molecule has 34 heavy (non-hydrogen) atoms. The molecule has 1 saturated heterocycles. The van der Waals surface area contributed by atoms with Crippen LogP contribution < -0.4 is 5.32 Å². The van der Waals surface area contributed by atoms with Crippen molar-refractivity contribution in [2.75, 3.05) is 25.5 Å². The number of piperidine rings is 1. The average Bonchev–Trinajstić information content (AvgIpc) is 3.48. The van der Waals surface area contributed by atoms with E-state index in [4.69, 9.17) is 4.98 Å². The molecule has 1 aliphatic carbocycles. The molecule has 5 heterocycles. The first-order chi connectivity index (χ1) is 16.7. The number of nitrogens with zero attached hydrogens (tertiary/aromatic N) is 5. The number of aromatic nitrogens is 4. The Labute approximate surface area is 199 Å². The van der Waals surface area contributed by atoms with Crippen LogP contribution in [0, 0.1) is 5.92 Å². The van der Waals surface area contributed by atoms with Crippen LogP contribution in [0.2, 0.25) is 0 Å². The Kier molecular flexibility index (Phi) is 5.19. The number of hydrogen-bond acceptors (Lipinski definition) is 5. The number of likely N-dealkylation sites (tertiary alicyclic amines) is 1. The summed E-state index contributed by atoms with van der Waals surface area (Å²) in [5, 5.41) is 7.55. The fourth-order valence-corrected chi connectivity index (χ4v) is 4.95. The van der Waals surface area contributed by atoms with Gasteiger partial charge < -0.3 is 10.2 Å². The molecule has 1 fully saturated rings. The van der Waals surface area contributed by atoms with Gasteiger partial charge in [0.05, 0.1) is 17.4 Å². The zero-order chi connectivity index (χ0) is 23.1. The number of carbonyl (C=O) groups excluding carboxylic acids is 1. The smallest absolute Gasteiger partial charge is 0.228 e. The summed E-state index contributed by atoms with van der Waals surface area (Å²) >= 11 is 0. The van der Waals surface area contributed by atoms with Crippen molar-refractivity contribution in [1.82, 2.24) is 24.5 Å². The molecule has 0 radical (unpaired) electrons. The second kappa shape index (κ2) is 8.50. The highest BCUT2D eigenvalue weighted by Gasteiger charge is 2.24. The van der Waals surface area contributed by atoms with Crippen molar-refractivity contribution in [2.24, 2.45) is 5.92 Å². The van der Waals surface area contributed by atoms with Crippen molar-refractivity contribution < 1.29 is 6.22 Å². The Morgan fingerprint density at radius 3 is 2.79 bits per heavy atom. The molecule has 0 atom stereocenters. The molecule has 7 nitrogen and oxygen atoms in total. The highest BCUT2D eigenvalue weighted by atomic mass is 16.1. The second-order valence-electron chi connectivity index (χ2n) is 9.12. The number of amides is 1. The second-order valence-corrected chi connectivity index (χ2v) is 9.12. The molecule has 2 aliphatic rings. The van der Waals surface area contributed by atoms with Gasteiger partial charge in [-0.3, -0.25) is 9.78 Å². The Balaban J connectivity index is 0.00000253. The number of fused-ring (bicyclic) bond motifs is 2. The summed E-state index contributed by atoms with van der Waals surface area (Å²) in [6.45, 7) is 1.93. The van der Waals surface area contributed by atoms with Crippen LogP contribution in [0.15, 0.2) is 67.3 Å². The molecular formula is C27H28N6O. The minimum absolute atomic E-state index is 0. The van der Waals surface area contributed by atoms with Gasteiger partial charge in [-0.1, -0.05) is 12.1 Å². The summed E-state index contributed by atoms with van der Waals surface area (Å²) in [4.78, 5) is 24.0. The molecule has 7 heteroatoms. The van der Waals surface area contributed by atoms with E-state index in [1.54, 1.807) is 6.20 Å². The van der Waals surface area contributed by atoms with E-state index in [1.165, 1.54) is 0 Å². The van der Waals surface area contributed by atoms with Gasteiger partial charge in [-0.05, 0) is 74.4 Å². The number of anilines is 1. The molecule has 1 aliphatic heterocycles. The molecule has 4 aromatic heterocycles. The fraction of sp³-hybridized carbons (Fsp3) is 0.259. The summed E-state index contributed by atoms with van der Waals surface area (Å²) in [5.41, 5.74) is 7.54. The molecule has 1 amide bonds. The minimum Gasteiger partial charge on any atom is -0.310 e. The molecule has 172 valence electrons. The maximum absolute atomic E-state index is 12.7. The van der Waals surface area contributed by atoms with Crippen LogP contribution in [0.3, 0.4) is 0 Å². The predicted octanol–water partition coefficient (Wildman–Crippen LogP) is 4.31. The third kappa shape index (κ3) is 3.78. The fourth-order valence-electron chi connectivity index (χ4n) is 4.95. The highest BCUT2D eigenvalue weighted by Crippen LogP contribution is 2.34. The largest absolute Gasteiger partial charge is 0.310 e. The molecule has 0 saturated carbocycles. The van der Waals surface area contributed by atoms with E-state index in [0.29, 0.717) is 5.82 Å². The zero-order valence-corrected chi connectivity index (χ0v) is 19.1. The molecule has 4 aromatic rings. The van der Waals surface area contributed by atoms with Crippen LogP contribution in [0.5, 0.6) is 0 Å². The quantitative estimate of drug-likeness (QED) is 0.500. The van der Waals surface area contributed by atoms with Gasteiger partial charge in [-0.15, -0.1) is 0 Å². The van der Waals surface area contributed by atoms with Gasteiger partial charge >= 0.3 is 0 Å². The third-order valence-corrected chi connectivity index (χ3v) is 6.91. The van der Waals surface area contributed by atoms with E-state index in [-0.39, 0.29) is 13.3 Å². The van der Waals surface area contributed by atoms with Crippen molar-refractivity contribution >= 4 is 22.8 Å². The van der Waals surface area contributed by atoms with E-state index >= 15 is 0 Å². The van der Waals surface area contributed by atoms with Crippen LogP contribution in [0.25, 0.3) is 22.2 Å². The van der Waals surface area contributed by atoms with Crippen LogP contribution in [0.1, 0.15) is 31.1 Å². The van der Waals surface area contributed by atoms with Gasteiger partial charge in [0.1, 0.15) is 5.82 Å². The zero-order valence-electron chi connectivity index (χ0n) is 19.1. The molecule has 1 N–H and O–H groups in total. The molecule has 6 rings (SSSR count). The first-order valence-corrected chi connectivity index (χ1v) is 11.7. The lowest BCUT2D eigenvalue weighted by molar-refractivity contribution is -0.121. The Morgan fingerprint density at radius 1 is 1.09 bits per heavy atom. The maximum atomic E-state index is 12.7. The van der Waals surface area contributed by atoms with Gasteiger partial charge in [0, 0.05) is 49.0 Å². The Bertz CT molecular complexity index is 1410. The van der Waals surface area contributed by atoms with Crippen molar-refractivity contribution in [3.05, 3.63) is 84.1 Å². The monoisotopic (exact) mass is 452 g/mol. The number of hydrogen-bond donors (Lipinski definition) is 1. The minimum atomic E-state index is 0. The van der Waals surface area contributed by atoms with Crippen LogP contribution in [-0.4, -0.2) is 50.5 Å². The number of nitrogens with one attached hydrogen (secondary N) is 1. The van der Waals surface area contributed by atoms with Crippen molar-refractivity contribution in [3.63, 3.8) is 0 Å². The molecule has 0 aromatic carbocycles. The normalized spacial score (nSPS) is 16.4. The predicted molar refractivity (Wildman–Crippen MR) is 134 cm³/mol. The van der Waals surface area contributed by atoms with Gasteiger partial charge in [0.15, 0.2) is 0 Å². The summed E-state index contributed by atoms with van der Waals surface area (Å²) < 4.78 is 1.89. The number of carbonyl (C=O) groups is 1. The number of rotatable bonds is 4. The lowest BCUT2D eigenvalue weighted by Crippen LogP contribution is -2.36. The SMILES string of the molecule is CN1CCC(C(=O)Nc2ccc3c(n2)CC=C3c2ccn3ncc(-c4cccnc4)c3c2)CC1.[HH]. The van der Waals surface area contributed by atoms with E-state index in [2.05, 4.69) is 51.6 Å². The number of pyridine rings is 3. The van der Waals surface area contributed by atoms with E-state index < -0.39 is 0 Å². The lowest BCUT2D eigenvalue weighted by Gasteiger charge is -2.27. The summed E-state index contributed by atoms with van der Waals surface area (Å²) in [5.74, 6) is 0.791. The van der Waals surface area contributed by atoms with Crippen LogP contribution in [0.4, 0.5) is 5.82 Å². The highest BCUT2D eigenvalue weighted by molar-refractivity contribution is 5.93. The molecule has 0 unspecified atom stereocenters. The van der Waals surface area contributed by atoms with Gasteiger partial charge in [0.2, 0.25) is 5.91 Å². The topological polar surface area (TPSA) is 75.4 Å². The summed E-state index contributed by atoms with van der Waals surface area (Å²) in [7, 11) is 2.10. The van der Waals surface area contributed by atoms with Crippen molar-refractivity contribution in [2.45, 2.75) is 19.3 Å². The van der Waals surface area contributed by atoms with E-state index in [9.17, 15) is 4.79 Å². The van der Waals surface area contributed by atoms with Crippen molar-refractivity contribution in [3.8, 4) is 11.1 Å². The van der Waals surface area contributed by atoms with E-state index in [0.717, 1.165) is 71.4 Å². The van der Waals surface area contributed by atoms with Gasteiger partial charge in [-0.2, -0.15) is 5.10 Å². The van der Waals surface area contributed by atoms with Crippen LogP contribution >= 0.6 is 0 Å². The lowest BCUT2D eigenvalue weighted by atomic mass is 9.96. The number of allylic oxidation sites excluding steroid dienone is 1. The Hall–Kier alpha value is -3.84. The van der Waals surface area contributed by atoms with E-state index in [1.807, 2.05) is 41.3 Å². The maximum Gasteiger partial charge on any atom is 0.228 e. The van der Waals surface area contributed by atoms with Gasteiger partial charge in [-0.25, -0.2) is 9.50 Å². The average molecular weight is 453 g/mol. The molecule has 0 bridgehead atoms. The van der Waals surface area contributed by atoms with Crippen molar-refractivity contribution in [1.29, 1.82) is 0 Å².